The maximum absolute atomic E-state index is 13.6. The Balaban J connectivity index is 1.47. The van der Waals surface area contributed by atoms with E-state index in [2.05, 4.69) is 32.4 Å². The van der Waals surface area contributed by atoms with Gasteiger partial charge in [-0.2, -0.15) is 13.2 Å². The molecule has 0 spiro atoms. The van der Waals surface area contributed by atoms with Crippen molar-refractivity contribution in [1.82, 2.24) is 25.1 Å². The zero-order valence-corrected chi connectivity index (χ0v) is 18.2. The molecular weight excluding hydrogens is 456 g/mol. The van der Waals surface area contributed by atoms with E-state index >= 15 is 0 Å². The highest BCUT2D eigenvalue weighted by Gasteiger charge is 2.62. The van der Waals surface area contributed by atoms with Crippen molar-refractivity contribution in [3.8, 4) is 11.4 Å². The number of hydrogen-bond donors (Lipinski definition) is 1. The van der Waals surface area contributed by atoms with Crippen LogP contribution in [0.5, 0.6) is 0 Å². The van der Waals surface area contributed by atoms with Gasteiger partial charge in [-0.3, -0.25) is 0 Å². The van der Waals surface area contributed by atoms with Crippen molar-refractivity contribution < 1.29 is 26.8 Å². The lowest BCUT2D eigenvalue weighted by Crippen LogP contribution is -2.70. The van der Waals surface area contributed by atoms with Crippen LogP contribution in [0.15, 0.2) is 35.0 Å². The molecule has 3 atom stereocenters. The molecular formula is C22H20F4N6O2. The average Bonchev–Trinajstić information content (AvgIpc) is 3.19. The molecule has 1 aromatic carbocycles. The Morgan fingerprint density at radius 3 is 2.59 bits per heavy atom. The van der Waals surface area contributed by atoms with E-state index in [9.17, 15) is 22.4 Å². The summed E-state index contributed by atoms with van der Waals surface area (Å²) in [5, 5.41) is 10.7. The second-order valence-corrected chi connectivity index (χ2v) is 8.84. The molecule has 34 heavy (non-hydrogen) atoms. The third-order valence-corrected chi connectivity index (χ3v) is 6.34. The first-order chi connectivity index (χ1) is 16.1. The van der Waals surface area contributed by atoms with Gasteiger partial charge in [-0.05, 0) is 37.0 Å². The van der Waals surface area contributed by atoms with Crippen LogP contribution in [0.4, 0.5) is 28.0 Å². The number of nitrogens with one attached hydrogen (secondary N) is 1. The minimum atomic E-state index is -4.69. The number of piperidine rings is 1. The Morgan fingerprint density at radius 2 is 1.94 bits per heavy atom. The summed E-state index contributed by atoms with van der Waals surface area (Å²) in [6, 6.07) is 2.61. The summed E-state index contributed by atoms with van der Waals surface area (Å²) in [5.41, 5.74) is -1.99. The summed E-state index contributed by atoms with van der Waals surface area (Å²) in [6.07, 6.45) is -1.02. The SMILES string of the molecule is Cc1nnc(C23CC(C)CC(C2)N3C(=O)Nc2ccc(C(F)(F)F)c(-c3ncc(F)cn3)c2)o1. The highest BCUT2D eigenvalue weighted by Crippen LogP contribution is 2.55. The summed E-state index contributed by atoms with van der Waals surface area (Å²) in [6.45, 7) is 3.76. The van der Waals surface area contributed by atoms with E-state index in [-0.39, 0.29) is 23.1 Å². The minimum absolute atomic E-state index is 0.0506. The van der Waals surface area contributed by atoms with Crippen molar-refractivity contribution in [2.45, 2.75) is 50.9 Å². The molecule has 1 aliphatic heterocycles. The van der Waals surface area contributed by atoms with Crippen molar-refractivity contribution in [2.24, 2.45) is 5.92 Å². The third-order valence-electron chi connectivity index (χ3n) is 6.34. The van der Waals surface area contributed by atoms with Gasteiger partial charge in [-0.15, -0.1) is 10.2 Å². The highest BCUT2D eigenvalue weighted by molar-refractivity contribution is 5.92. The number of halogens is 4. The Hall–Kier alpha value is -3.57. The van der Waals surface area contributed by atoms with E-state index in [1.165, 1.54) is 0 Å². The van der Waals surface area contributed by atoms with Crippen LogP contribution in [0.2, 0.25) is 0 Å². The zero-order chi connectivity index (χ0) is 24.3. The number of anilines is 1. The van der Waals surface area contributed by atoms with Gasteiger partial charge in [0.15, 0.2) is 11.6 Å². The lowest BCUT2D eigenvalue weighted by molar-refractivity contribution is -0.137. The summed E-state index contributed by atoms with van der Waals surface area (Å²) in [4.78, 5) is 22.3. The number of amides is 2. The number of aryl methyl sites for hydroxylation is 1. The molecule has 3 aromatic rings. The number of nitrogens with zero attached hydrogens (tertiary/aromatic N) is 5. The van der Waals surface area contributed by atoms with Gasteiger partial charge in [-0.25, -0.2) is 19.2 Å². The molecule has 1 aliphatic carbocycles. The molecule has 2 amide bonds. The lowest BCUT2D eigenvalue weighted by atomic mass is 9.64. The Morgan fingerprint density at radius 1 is 1.21 bits per heavy atom. The van der Waals surface area contributed by atoms with Crippen LogP contribution in [-0.4, -0.2) is 37.1 Å². The number of carbonyl (C=O) groups is 1. The van der Waals surface area contributed by atoms with Crippen molar-refractivity contribution in [3.05, 3.63) is 53.8 Å². The average molecular weight is 476 g/mol. The number of likely N-dealkylation sites (tertiary alicyclic amines) is 1. The van der Waals surface area contributed by atoms with Crippen LogP contribution >= 0.6 is 0 Å². The molecule has 3 unspecified atom stereocenters. The molecule has 1 N–H and O–H groups in total. The standard InChI is InChI=1S/C22H20F4N6O2/c1-11-5-15-8-21(7-11,19-31-30-12(2)34-19)32(15)20(33)29-14-3-4-17(22(24,25)26)16(6-14)18-27-9-13(23)10-28-18/h3-4,6,9-11,15H,5,7-8H2,1-2H3,(H,29,33). The largest absolute Gasteiger partial charge is 0.423 e. The second-order valence-electron chi connectivity index (χ2n) is 8.84. The van der Waals surface area contributed by atoms with E-state index in [0.29, 0.717) is 30.5 Å². The molecule has 5 rings (SSSR count). The van der Waals surface area contributed by atoms with Gasteiger partial charge < -0.3 is 14.6 Å². The number of hydrogen-bond acceptors (Lipinski definition) is 6. The second kappa shape index (κ2) is 7.74. The molecule has 8 nitrogen and oxygen atoms in total. The zero-order valence-electron chi connectivity index (χ0n) is 18.2. The lowest BCUT2D eigenvalue weighted by Gasteiger charge is -2.61. The fraction of sp³-hybridized carbons (Fsp3) is 0.409. The molecule has 2 aliphatic rings. The molecule has 3 heterocycles. The predicted molar refractivity (Wildman–Crippen MR) is 111 cm³/mol. The van der Waals surface area contributed by atoms with Crippen LogP contribution in [0.25, 0.3) is 11.4 Å². The number of rotatable bonds is 3. The minimum Gasteiger partial charge on any atom is -0.423 e. The van der Waals surface area contributed by atoms with Crippen molar-refractivity contribution in [1.29, 1.82) is 0 Å². The van der Waals surface area contributed by atoms with Crippen LogP contribution in [0.1, 0.15) is 43.5 Å². The van der Waals surface area contributed by atoms with Gasteiger partial charge in [0.2, 0.25) is 11.8 Å². The summed E-state index contributed by atoms with van der Waals surface area (Å²) in [5.74, 6) is -0.00341. The number of fused-ring (bicyclic) bond motifs is 2. The predicted octanol–water partition coefficient (Wildman–Crippen LogP) is 4.92. The van der Waals surface area contributed by atoms with Crippen molar-refractivity contribution in [2.75, 3.05) is 5.32 Å². The smallest absolute Gasteiger partial charge is 0.417 e. The van der Waals surface area contributed by atoms with Gasteiger partial charge >= 0.3 is 12.2 Å². The normalized spacial score (nSPS) is 24.0. The fourth-order valence-electron chi connectivity index (χ4n) is 5.12. The van der Waals surface area contributed by atoms with Crippen LogP contribution in [-0.2, 0) is 11.7 Å². The number of alkyl halides is 3. The van der Waals surface area contributed by atoms with Gasteiger partial charge in [0.1, 0.15) is 5.54 Å². The van der Waals surface area contributed by atoms with Crippen molar-refractivity contribution in [3.63, 3.8) is 0 Å². The quantitative estimate of drug-likeness (QED) is 0.539. The van der Waals surface area contributed by atoms with Gasteiger partial charge in [0, 0.05) is 30.6 Å². The van der Waals surface area contributed by atoms with E-state index in [1.807, 2.05) is 0 Å². The molecule has 2 aromatic heterocycles. The maximum Gasteiger partial charge on any atom is 0.417 e. The third kappa shape index (κ3) is 3.66. The van der Waals surface area contributed by atoms with Crippen LogP contribution in [0, 0.1) is 18.7 Å². The first-order valence-electron chi connectivity index (χ1n) is 10.7. The van der Waals surface area contributed by atoms with Gasteiger partial charge in [0.05, 0.1) is 18.0 Å². The van der Waals surface area contributed by atoms with E-state index in [0.717, 1.165) is 37.0 Å². The topological polar surface area (TPSA) is 97.0 Å². The molecule has 12 heteroatoms. The molecule has 2 bridgehead atoms. The number of urea groups is 1. The Labute approximate surface area is 191 Å². The van der Waals surface area contributed by atoms with Gasteiger partial charge in [0.25, 0.3) is 0 Å². The summed E-state index contributed by atoms with van der Waals surface area (Å²) >= 11 is 0. The summed E-state index contributed by atoms with van der Waals surface area (Å²) in [7, 11) is 0. The van der Waals surface area contributed by atoms with Crippen LogP contribution in [0.3, 0.4) is 0 Å². The van der Waals surface area contributed by atoms with E-state index in [1.54, 1.807) is 11.8 Å². The van der Waals surface area contributed by atoms with E-state index in [4.69, 9.17) is 4.42 Å². The monoisotopic (exact) mass is 476 g/mol. The fourth-order valence-corrected chi connectivity index (χ4v) is 5.12. The number of benzene rings is 1. The number of aromatic nitrogens is 4. The molecule has 2 fully saturated rings. The van der Waals surface area contributed by atoms with Crippen molar-refractivity contribution >= 4 is 11.7 Å². The van der Waals surface area contributed by atoms with Crippen LogP contribution < -0.4 is 5.32 Å². The maximum atomic E-state index is 13.6. The first-order valence-corrected chi connectivity index (χ1v) is 10.7. The summed E-state index contributed by atoms with van der Waals surface area (Å²) < 4.78 is 59.6. The highest BCUT2D eigenvalue weighted by atomic mass is 19.4. The molecule has 1 saturated heterocycles. The molecule has 0 radical (unpaired) electrons. The number of carbonyl (C=O) groups excluding carboxylic acids is 1. The first kappa shape index (κ1) is 22.2. The van der Waals surface area contributed by atoms with Gasteiger partial charge in [-0.1, -0.05) is 6.92 Å². The Kier molecular flexibility index (Phi) is 5.06. The molecule has 178 valence electrons. The van der Waals surface area contributed by atoms with E-state index < -0.39 is 29.1 Å². The molecule has 1 saturated carbocycles. The Bertz CT molecular complexity index is 1240.